The van der Waals surface area contributed by atoms with Crippen LogP contribution in [0.2, 0.25) is 0 Å². The molecule has 274 valence electrons. The minimum Gasteiger partial charge on any atom is -0.375 e. The van der Waals surface area contributed by atoms with Gasteiger partial charge in [0.1, 0.15) is 0 Å². The Morgan fingerprint density at radius 2 is 1.12 bits per heavy atom. The minimum atomic E-state index is -0.561. The van der Waals surface area contributed by atoms with E-state index in [2.05, 4.69) is 211 Å². The van der Waals surface area contributed by atoms with E-state index in [9.17, 15) is 0 Å². The number of para-hydroxylation sites is 3. The Hall–Kier alpha value is -7.10. The lowest BCUT2D eigenvalue weighted by molar-refractivity contribution is 0.660. The van der Waals surface area contributed by atoms with Crippen LogP contribution in [0.25, 0.3) is 54.8 Å². The maximum Gasteiger partial charge on any atom is 0.333 e. The zero-order valence-corrected chi connectivity index (χ0v) is 32.9. The van der Waals surface area contributed by atoms with E-state index in [1.807, 2.05) is 0 Å². The molecule has 0 saturated carbocycles. The first-order valence-electron chi connectivity index (χ1n) is 21.0. The fourth-order valence-corrected chi connectivity index (χ4v) is 12.4. The fourth-order valence-electron chi connectivity index (χ4n) is 12.4. The lowest BCUT2D eigenvalue weighted by atomic mass is 9.43. The third-order valence-electron chi connectivity index (χ3n) is 14.6. The summed E-state index contributed by atoms with van der Waals surface area (Å²) in [5.74, 6) is 0. The van der Waals surface area contributed by atoms with Crippen LogP contribution in [-0.4, -0.2) is 11.3 Å². The minimum absolute atomic E-state index is 0.0541. The lowest BCUT2D eigenvalue weighted by Crippen LogP contribution is -2.59. The molecular weight excluding hydrogens is 711 g/mol. The average molecular weight is 749 g/mol. The molecule has 14 rings (SSSR count). The summed E-state index contributed by atoms with van der Waals surface area (Å²) in [5, 5.41) is 5.25. The standard InChI is InChI=1S/C56H37BN2/c1-55(2)43-26-12-11-23-38(43)41-33-42-39-24-15-25-40-49-37-22-10-9-17-34(37)31-32-48(49)59(52(39)40)57-46-29-16-28-45-53(46)58(54(50(41)55)51(42)57)47-30-14-13-27-44(47)56(45,35-18-5-3-6-19-35)36-20-7-4-8-21-36/h3-33H,1-2H3. The third kappa shape index (κ3) is 3.64. The monoisotopic (exact) mass is 748 g/mol. The van der Waals surface area contributed by atoms with Crippen molar-refractivity contribution in [1.29, 1.82) is 0 Å². The van der Waals surface area contributed by atoms with Crippen LogP contribution in [0.5, 0.6) is 0 Å². The molecular formula is C56H37BN2. The van der Waals surface area contributed by atoms with Crippen molar-refractivity contribution in [3.63, 3.8) is 0 Å². The second-order valence-electron chi connectivity index (χ2n) is 17.5. The highest BCUT2D eigenvalue weighted by Crippen LogP contribution is 2.62. The van der Waals surface area contributed by atoms with Crippen molar-refractivity contribution in [1.82, 2.24) is 4.48 Å². The van der Waals surface area contributed by atoms with E-state index in [4.69, 9.17) is 0 Å². The van der Waals surface area contributed by atoms with E-state index >= 15 is 0 Å². The van der Waals surface area contributed by atoms with Crippen LogP contribution < -0.4 is 15.8 Å². The molecule has 1 aromatic heterocycles. The highest BCUT2D eigenvalue weighted by molar-refractivity contribution is 6.90. The van der Waals surface area contributed by atoms with E-state index in [1.54, 1.807) is 0 Å². The Bertz CT molecular complexity index is 3450. The van der Waals surface area contributed by atoms with Crippen molar-refractivity contribution in [2.45, 2.75) is 24.7 Å². The van der Waals surface area contributed by atoms with Gasteiger partial charge in [0.25, 0.3) is 0 Å². The molecule has 0 amide bonds. The Morgan fingerprint density at radius 1 is 0.475 bits per heavy atom. The van der Waals surface area contributed by atoms with E-state index in [-0.39, 0.29) is 12.3 Å². The van der Waals surface area contributed by atoms with Crippen LogP contribution in [0, 0.1) is 0 Å². The van der Waals surface area contributed by atoms with E-state index < -0.39 is 5.41 Å². The van der Waals surface area contributed by atoms with Crippen molar-refractivity contribution >= 4 is 67.4 Å². The number of rotatable bonds is 2. The summed E-state index contributed by atoms with van der Waals surface area (Å²) in [4.78, 5) is 2.72. The molecule has 0 saturated heterocycles. The molecule has 10 aromatic rings. The maximum absolute atomic E-state index is 2.74. The summed E-state index contributed by atoms with van der Waals surface area (Å²) in [5.41, 5.74) is 21.8. The van der Waals surface area contributed by atoms with E-state index in [1.165, 1.54) is 116 Å². The Balaban J connectivity index is 1.23. The molecule has 0 unspecified atom stereocenters. The Morgan fingerprint density at radius 3 is 1.93 bits per heavy atom. The van der Waals surface area contributed by atoms with Gasteiger partial charge in [-0.2, -0.15) is 0 Å². The molecule has 1 aliphatic carbocycles. The van der Waals surface area contributed by atoms with Crippen LogP contribution >= 0.6 is 0 Å². The van der Waals surface area contributed by atoms with Gasteiger partial charge in [-0.1, -0.05) is 184 Å². The molecule has 0 atom stereocenters. The first-order valence-corrected chi connectivity index (χ1v) is 21.0. The molecule has 0 N–H and O–H groups in total. The van der Waals surface area contributed by atoms with Crippen LogP contribution in [0.1, 0.15) is 47.2 Å². The van der Waals surface area contributed by atoms with Gasteiger partial charge in [-0.25, -0.2) is 0 Å². The number of hydrogen-bond acceptors (Lipinski definition) is 1. The predicted octanol–water partition coefficient (Wildman–Crippen LogP) is 12.4. The van der Waals surface area contributed by atoms with Gasteiger partial charge in [0.15, 0.2) is 0 Å². The molecule has 3 aliphatic heterocycles. The molecule has 3 heteroatoms. The quantitative estimate of drug-likeness (QED) is 0.160. The summed E-state index contributed by atoms with van der Waals surface area (Å²) < 4.78 is 2.74. The molecule has 0 spiro atoms. The lowest BCUT2D eigenvalue weighted by Gasteiger charge is -2.51. The molecule has 0 bridgehead atoms. The Labute approximate surface area is 343 Å². The number of hydrogen-bond donors (Lipinski definition) is 0. The van der Waals surface area contributed by atoms with Gasteiger partial charge >= 0.3 is 6.85 Å². The van der Waals surface area contributed by atoms with Crippen LogP contribution in [-0.2, 0) is 10.8 Å². The number of fused-ring (bicyclic) bond motifs is 15. The SMILES string of the molecule is CC1(C)c2ccccc2-c2cc3c4c(c21)N1c2ccccc2C(c2ccccc2)(c2ccccc2)c2cccc(c21)B4n1c2ccc4ccccc4c2c2cccc-3c21. The summed E-state index contributed by atoms with van der Waals surface area (Å²) in [7, 11) is 0. The summed E-state index contributed by atoms with van der Waals surface area (Å²) in [6, 6.07) is 71.5. The first-order chi connectivity index (χ1) is 29.1. The van der Waals surface area contributed by atoms with Gasteiger partial charge in [0.05, 0.1) is 11.1 Å². The van der Waals surface area contributed by atoms with Gasteiger partial charge in [-0.15, -0.1) is 0 Å². The van der Waals surface area contributed by atoms with Gasteiger partial charge in [0, 0.05) is 44.2 Å². The van der Waals surface area contributed by atoms with Crippen molar-refractivity contribution in [3.05, 3.63) is 221 Å². The van der Waals surface area contributed by atoms with E-state index in [0.29, 0.717) is 0 Å². The molecule has 4 aliphatic rings. The average Bonchev–Trinajstić information content (AvgIpc) is 3.75. The van der Waals surface area contributed by atoms with Gasteiger partial charge < -0.3 is 9.38 Å². The van der Waals surface area contributed by atoms with E-state index in [0.717, 1.165) is 0 Å². The molecule has 0 radical (unpaired) electrons. The van der Waals surface area contributed by atoms with Crippen LogP contribution in [0.3, 0.4) is 0 Å². The highest BCUT2D eigenvalue weighted by Gasteiger charge is 2.54. The largest absolute Gasteiger partial charge is 0.375 e. The Kier molecular flexibility index (Phi) is 5.89. The fraction of sp³-hybridized carbons (Fsp3) is 0.0714. The molecule has 0 fully saturated rings. The normalized spacial score (nSPS) is 15.5. The van der Waals surface area contributed by atoms with Crippen molar-refractivity contribution in [3.8, 4) is 22.3 Å². The predicted molar refractivity (Wildman–Crippen MR) is 247 cm³/mol. The number of anilines is 3. The second kappa shape index (κ2) is 10.9. The molecule has 9 aromatic carbocycles. The summed E-state index contributed by atoms with van der Waals surface area (Å²) >= 11 is 0. The highest BCUT2D eigenvalue weighted by atomic mass is 15.2. The maximum atomic E-state index is 2.74. The first kappa shape index (κ1) is 31.9. The third-order valence-corrected chi connectivity index (χ3v) is 14.6. The number of aromatic nitrogens is 1. The van der Waals surface area contributed by atoms with Gasteiger partial charge in [0.2, 0.25) is 0 Å². The second-order valence-corrected chi connectivity index (χ2v) is 17.5. The topological polar surface area (TPSA) is 8.17 Å². The van der Waals surface area contributed by atoms with Crippen molar-refractivity contribution < 1.29 is 0 Å². The molecule has 59 heavy (non-hydrogen) atoms. The molecule has 2 nitrogen and oxygen atoms in total. The smallest absolute Gasteiger partial charge is 0.333 e. The van der Waals surface area contributed by atoms with Crippen LogP contribution in [0.15, 0.2) is 188 Å². The number of nitrogens with zero attached hydrogens (tertiary/aromatic N) is 2. The zero-order chi connectivity index (χ0) is 38.8. The van der Waals surface area contributed by atoms with Gasteiger partial charge in [-0.3, -0.25) is 0 Å². The zero-order valence-electron chi connectivity index (χ0n) is 32.9. The summed E-state index contributed by atoms with van der Waals surface area (Å²) in [6.45, 7) is 4.86. The van der Waals surface area contributed by atoms with Crippen molar-refractivity contribution in [2.24, 2.45) is 0 Å². The number of benzene rings is 9. The molecule has 4 heterocycles. The summed E-state index contributed by atoms with van der Waals surface area (Å²) in [6.07, 6.45) is 0. The van der Waals surface area contributed by atoms with Gasteiger partial charge in [-0.05, 0) is 90.0 Å². The van der Waals surface area contributed by atoms with Crippen LogP contribution in [0.4, 0.5) is 17.1 Å². The van der Waals surface area contributed by atoms with Crippen molar-refractivity contribution in [2.75, 3.05) is 4.90 Å².